The van der Waals surface area contributed by atoms with Crippen LogP contribution < -0.4 is 10.1 Å². The Morgan fingerprint density at radius 2 is 1.89 bits per heavy atom. The number of fused-ring (bicyclic) bond motifs is 1. The van der Waals surface area contributed by atoms with Gasteiger partial charge in [0.15, 0.2) is 0 Å². The Morgan fingerprint density at radius 3 is 2.57 bits per heavy atom. The standard InChI is InChI=1S/C20H19F3N2O2S/c1-27-14-8-6-13(7-9-14)16(10-25-19(26)12-28-20(21,22)23)17-11-24-18-5-3-2-4-15(17)18/h2-9,11,16,24H,10,12H2,1H3,(H,25,26). The van der Waals surface area contributed by atoms with Gasteiger partial charge in [0.2, 0.25) is 5.91 Å². The lowest BCUT2D eigenvalue weighted by molar-refractivity contribution is -0.118. The summed E-state index contributed by atoms with van der Waals surface area (Å²) in [5.74, 6) is -0.832. The number of carbonyl (C=O) groups is 1. The molecule has 1 atom stereocenters. The van der Waals surface area contributed by atoms with E-state index in [4.69, 9.17) is 4.74 Å². The summed E-state index contributed by atoms with van der Waals surface area (Å²) < 4.78 is 42.1. The van der Waals surface area contributed by atoms with Gasteiger partial charge in [0.1, 0.15) is 5.75 Å². The Balaban J connectivity index is 1.83. The summed E-state index contributed by atoms with van der Waals surface area (Å²) in [5, 5.41) is 3.63. The van der Waals surface area contributed by atoms with E-state index in [9.17, 15) is 18.0 Å². The summed E-state index contributed by atoms with van der Waals surface area (Å²) in [4.78, 5) is 15.1. The Bertz CT molecular complexity index is 939. The maximum atomic E-state index is 12.3. The van der Waals surface area contributed by atoms with Crippen molar-refractivity contribution in [2.75, 3.05) is 19.4 Å². The summed E-state index contributed by atoms with van der Waals surface area (Å²) in [7, 11) is 1.57. The number of methoxy groups -OCH3 is 1. The number of thioether (sulfide) groups is 1. The molecule has 3 rings (SSSR count). The number of benzene rings is 2. The van der Waals surface area contributed by atoms with E-state index in [2.05, 4.69) is 10.3 Å². The van der Waals surface area contributed by atoms with Gasteiger partial charge in [-0.05, 0) is 41.1 Å². The Kier molecular flexibility index (Phi) is 6.18. The van der Waals surface area contributed by atoms with Gasteiger partial charge in [-0.3, -0.25) is 4.79 Å². The van der Waals surface area contributed by atoms with Crippen molar-refractivity contribution >= 4 is 28.6 Å². The number of alkyl halides is 3. The van der Waals surface area contributed by atoms with Crippen LogP contribution in [0.1, 0.15) is 17.0 Å². The summed E-state index contributed by atoms with van der Waals surface area (Å²) in [5.41, 5.74) is -1.59. The van der Waals surface area contributed by atoms with E-state index in [1.54, 1.807) is 7.11 Å². The first-order valence-corrected chi connectivity index (χ1v) is 9.53. The van der Waals surface area contributed by atoms with Crippen molar-refractivity contribution in [3.63, 3.8) is 0 Å². The van der Waals surface area contributed by atoms with Crippen LogP contribution in [0.2, 0.25) is 0 Å². The molecule has 0 saturated carbocycles. The smallest absolute Gasteiger partial charge is 0.442 e. The van der Waals surface area contributed by atoms with Crippen molar-refractivity contribution < 1.29 is 22.7 Å². The second kappa shape index (κ2) is 8.60. The van der Waals surface area contributed by atoms with Crippen molar-refractivity contribution in [1.82, 2.24) is 10.3 Å². The highest BCUT2D eigenvalue weighted by Gasteiger charge is 2.29. The number of hydrogen-bond donors (Lipinski definition) is 2. The minimum absolute atomic E-state index is 0.186. The van der Waals surface area contributed by atoms with E-state index >= 15 is 0 Å². The summed E-state index contributed by atoms with van der Waals surface area (Å²) in [6.07, 6.45) is 1.87. The van der Waals surface area contributed by atoms with Crippen LogP contribution in [0.5, 0.6) is 5.75 Å². The Labute approximate surface area is 164 Å². The van der Waals surface area contributed by atoms with E-state index in [-0.39, 0.29) is 24.2 Å². The molecule has 0 aliphatic heterocycles. The number of ether oxygens (including phenoxy) is 1. The van der Waals surface area contributed by atoms with Crippen LogP contribution in [-0.4, -0.2) is 35.8 Å². The molecule has 1 aromatic heterocycles. The van der Waals surface area contributed by atoms with Crippen LogP contribution in [-0.2, 0) is 4.79 Å². The molecule has 0 spiro atoms. The summed E-state index contributed by atoms with van der Waals surface area (Å²) >= 11 is -0.341. The zero-order chi connectivity index (χ0) is 20.1. The van der Waals surface area contributed by atoms with E-state index in [0.29, 0.717) is 5.75 Å². The molecule has 2 N–H and O–H groups in total. The second-order valence-electron chi connectivity index (χ2n) is 6.15. The SMILES string of the molecule is COc1ccc(C(CNC(=O)CSC(F)(F)F)c2c[nH]c3ccccc23)cc1. The molecule has 148 valence electrons. The first-order valence-electron chi connectivity index (χ1n) is 8.55. The molecule has 1 amide bonds. The van der Waals surface area contributed by atoms with Gasteiger partial charge in [0.05, 0.1) is 12.9 Å². The lowest BCUT2D eigenvalue weighted by Crippen LogP contribution is -2.31. The molecule has 4 nitrogen and oxygen atoms in total. The van der Waals surface area contributed by atoms with Gasteiger partial charge in [-0.15, -0.1) is 0 Å². The molecular formula is C20H19F3N2O2S. The van der Waals surface area contributed by atoms with E-state index < -0.39 is 17.2 Å². The number of aromatic amines is 1. The van der Waals surface area contributed by atoms with Crippen LogP contribution >= 0.6 is 11.8 Å². The first-order chi connectivity index (χ1) is 13.4. The number of aromatic nitrogens is 1. The third-order valence-electron chi connectivity index (χ3n) is 4.39. The minimum Gasteiger partial charge on any atom is -0.497 e. The molecule has 0 aliphatic rings. The number of amides is 1. The van der Waals surface area contributed by atoms with Crippen molar-refractivity contribution in [2.45, 2.75) is 11.4 Å². The van der Waals surface area contributed by atoms with Crippen LogP contribution in [0.3, 0.4) is 0 Å². The van der Waals surface area contributed by atoms with Crippen LogP contribution in [0, 0.1) is 0 Å². The van der Waals surface area contributed by atoms with Crippen molar-refractivity contribution in [3.05, 3.63) is 65.9 Å². The average Bonchev–Trinajstić information content (AvgIpc) is 3.10. The third-order valence-corrected chi connectivity index (χ3v) is 5.12. The average molecular weight is 408 g/mol. The monoisotopic (exact) mass is 408 g/mol. The van der Waals surface area contributed by atoms with Gasteiger partial charge >= 0.3 is 5.51 Å². The molecule has 0 radical (unpaired) electrons. The quantitative estimate of drug-likeness (QED) is 0.597. The lowest BCUT2D eigenvalue weighted by atomic mass is 9.91. The van der Waals surface area contributed by atoms with E-state index in [0.717, 1.165) is 22.0 Å². The van der Waals surface area contributed by atoms with E-state index in [1.165, 1.54) is 0 Å². The molecule has 0 aliphatic carbocycles. The zero-order valence-corrected chi connectivity index (χ0v) is 15.9. The molecule has 8 heteroatoms. The molecule has 0 bridgehead atoms. The van der Waals surface area contributed by atoms with Crippen molar-refractivity contribution in [2.24, 2.45) is 0 Å². The second-order valence-corrected chi connectivity index (χ2v) is 7.19. The zero-order valence-electron chi connectivity index (χ0n) is 15.0. The number of carbonyl (C=O) groups excluding carboxylic acids is 1. The third kappa shape index (κ3) is 5.01. The van der Waals surface area contributed by atoms with Gasteiger partial charge in [0.25, 0.3) is 0 Å². The fraction of sp³-hybridized carbons (Fsp3) is 0.250. The van der Waals surface area contributed by atoms with E-state index in [1.807, 2.05) is 54.7 Å². The topological polar surface area (TPSA) is 54.1 Å². The predicted octanol–water partition coefficient (Wildman–Crippen LogP) is 4.68. The molecular weight excluding hydrogens is 389 g/mol. The van der Waals surface area contributed by atoms with Crippen LogP contribution in [0.4, 0.5) is 13.2 Å². The Morgan fingerprint density at radius 1 is 1.18 bits per heavy atom. The van der Waals surface area contributed by atoms with Gasteiger partial charge in [-0.1, -0.05) is 30.3 Å². The summed E-state index contributed by atoms with van der Waals surface area (Å²) in [6.45, 7) is 0.186. The fourth-order valence-electron chi connectivity index (χ4n) is 3.04. The lowest BCUT2D eigenvalue weighted by Gasteiger charge is -2.19. The molecule has 28 heavy (non-hydrogen) atoms. The van der Waals surface area contributed by atoms with Crippen LogP contribution in [0.15, 0.2) is 54.7 Å². The number of rotatable bonds is 7. The fourth-order valence-corrected chi connectivity index (χ4v) is 3.44. The normalized spacial score (nSPS) is 12.7. The highest BCUT2D eigenvalue weighted by molar-refractivity contribution is 8.00. The number of H-pyrrole nitrogens is 1. The van der Waals surface area contributed by atoms with Gasteiger partial charge in [0, 0.05) is 29.6 Å². The maximum Gasteiger partial charge on any atom is 0.442 e. The molecule has 0 fully saturated rings. The predicted molar refractivity (Wildman–Crippen MR) is 105 cm³/mol. The largest absolute Gasteiger partial charge is 0.497 e. The highest BCUT2D eigenvalue weighted by atomic mass is 32.2. The Hall–Kier alpha value is -2.61. The maximum absolute atomic E-state index is 12.3. The summed E-state index contributed by atoms with van der Waals surface area (Å²) in [6, 6.07) is 15.2. The highest BCUT2D eigenvalue weighted by Crippen LogP contribution is 2.32. The molecule has 0 saturated heterocycles. The minimum atomic E-state index is -4.43. The van der Waals surface area contributed by atoms with Crippen molar-refractivity contribution in [3.8, 4) is 5.75 Å². The molecule has 1 heterocycles. The van der Waals surface area contributed by atoms with Gasteiger partial charge < -0.3 is 15.0 Å². The number of nitrogens with one attached hydrogen (secondary N) is 2. The number of hydrogen-bond acceptors (Lipinski definition) is 3. The molecule has 1 unspecified atom stereocenters. The first kappa shape index (κ1) is 20.1. The number of para-hydroxylation sites is 1. The molecule has 3 aromatic rings. The van der Waals surface area contributed by atoms with Gasteiger partial charge in [-0.2, -0.15) is 13.2 Å². The van der Waals surface area contributed by atoms with Crippen LogP contribution in [0.25, 0.3) is 10.9 Å². The van der Waals surface area contributed by atoms with Gasteiger partial charge in [-0.25, -0.2) is 0 Å². The van der Waals surface area contributed by atoms with Crippen molar-refractivity contribution in [1.29, 1.82) is 0 Å². The number of halogens is 3. The molecule has 2 aromatic carbocycles.